The zero-order valence-corrected chi connectivity index (χ0v) is 41.2. The molecule has 0 bridgehead atoms. The molecule has 3 amide bonds. The van der Waals surface area contributed by atoms with Crippen molar-refractivity contribution in [1.29, 1.82) is 0 Å². The van der Waals surface area contributed by atoms with Crippen molar-refractivity contribution in [2.75, 3.05) is 6.54 Å². The molecule has 0 spiro atoms. The summed E-state index contributed by atoms with van der Waals surface area (Å²) >= 11 is 0. The molecule has 362 valence electrons. The minimum Gasteiger partial charge on any atom is -0.480 e. The van der Waals surface area contributed by atoms with Crippen LogP contribution in [0.2, 0.25) is 0 Å². The SMILES string of the molecule is C=C(C)[C@@H]1CC[C@]2(C(=O)NCCc3cccc(C(=O)NCc4ccc(C(=O)N[C@H](Cc5cc6ccccc6[nH]5)C(=O)O)cc4)c3)CC[C@]3(C)C(CCC4[C@@]5(C)CC[C@H](O)C(C)(C)C5CC[C@]43C)C12. The Morgan fingerprint density at radius 3 is 2.25 bits per heavy atom. The largest absolute Gasteiger partial charge is 0.480 e. The van der Waals surface area contributed by atoms with E-state index in [0.29, 0.717) is 53.5 Å². The predicted molar refractivity (Wildman–Crippen MR) is 267 cm³/mol. The summed E-state index contributed by atoms with van der Waals surface area (Å²) < 4.78 is 0. The zero-order chi connectivity index (χ0) is 48.4. The van der Waals surface area contributed by atoms with Crippen LogP contribution in [-0.4, -0.2) is 57.6 Å². The number of aromatic amines is 1. The van der Waals surface area contributed by atoms with Crippen LogP contribution in [0.25, 0.3) is 10.9 Å². The highest BCUT2D eigenvalue weighted by atomic mass is 16.4. The van der Waals surface area contributed by atoms with Gasteiger partial charge in [-0.1, -0.05) is 89.2 Å². The summed E-state index contributed by atoms with van der Waals surface area (Å²) in [6.45, 7) is 19.9. The fourth-order valence-corrected chi connectivity index (χ4v) is 15.9. The second-order valence-electron chi connectivity index (χ2n) is 23.3. The van der Waals surface area contributed by atoms with Crippen molar-refractivity contribution in [3.63, 3.8) is 0 Å². The Balaban J connectivity index is 0.800. The quantitative estimate of drug-likeness (QED) is 0.0732. The van der Waals surface area contributed by atoms with Crippen LogP contribution in [0.1, 0.15) is 143 Å². The fraction of sp³-hybridized carbons (Fsp3) is 0.552. The van der Waals surface area contributed by atoms with Crippen LogP contribution in [0.15, 0.2) is 91.0 Å². The number of aliphatic carboxylic acids is 1. The molecule has 0 aliphatic heterocycles. The van der Waals surface area contributed by atoms with Gasteiger partial charge in [0, 0.05) is 41.8 Å². The van der Waals surface area contributed by atoms with Crippen LogP contribution >= 0.6 is 0 Å². The van der Waals surface area contributed by atoms with Crippen LogP contribution in [0.3, 0.4) is 0 Å². The van der Waals surface area contributed by atoms with Crippen molar-refractivity contribution in [2.24, 2.45) is 56.7 Å². The number of nitrogens with one attached hydrogen (secondary N) is 4. The average Bonchev–Trinajstić information content (AvgIpc) is 3.92. The van der Waals surface area contributed by atoms with Gasteiger partial charge in [0.1, 0.15) is 6.04 Å². The third-order valence-corrected chi connectivity index (χ3v) is 19.7. The van der Waals surface area contributed by atoms with E-state index in [9.17, 15) is 29.4 Å². The molecule has 10 heteroatoms. The van der Waals surface area contributed by atoms with Crippen LogP contribution < -0.4 is 16.0 Å². The number of aliphatic hydroxyl groups is 1. The van der Waals surface area contributed by atoms with Gasteiger partial charge in [0.25, 0.3) is 11.8 Å². The van der Waals surface area contributed by atoms with E-state index < -0.39 is 23.3 Å². The molecule has 5 aliphatic carbocycles. The molecule has 1 heterocycles. The van der Waals surface area contributed by atoms with Crippen LogP contribution in [0.4, 0.5) is 0 Å². The first-order chi connectivity index (χ1) is 32.3. The second kappa shape index (κ2) is 17.9. The number of fused-ring (bicyclic) bond motifs is 8. The number of aliphatic hydroxyl groups excluding tert-OH is 1. The van der Waals surface area contributed by atoms with Crippen molar-refractivity contribution < 1.29 is 29.4 Å². The number of H-pyrrole nitrogens is 1. The zero-order valence-electron chi connectivity index (χ0n) is 41.2. The van der Waals surface area contributed by atoms with Gasteiger partial charge in [-0.2, -0.15) is 0 Å². The van der Waals surface area contributed by atoms with Crippen LogP contribution in [-0.2, 0) is 29.0 Å². The van der Waals surface area contributed by atoms with Gasteiger partial charge >= 0.3 is 5.97 Å². The van der Waals surface area contributed by atoms with E-state index in [1.54, 1.807) is 30.3 Å². The fourth-order valence-electron chi connectivity index (χ4n) is 15.9. The Morgan fingerprint density at radius 1 is 0.750 bits per heavy atom. The Morgan fingerprint density at radius 2 is 1.51 bits per heavy atom. The molecule has 10 nitrogen and oxygen atoms in total. The molecule has 6 N–H and O–H groups in total. The number of carboxylic acids is 1. The highest BCUT2D eigenvalue weighted by Crippen LogP contribution is 2.77. The van der Waals surface area contributed by atoms with Gasteiger partial charge in [-0.3, -0.25) is 14.4 Å². The number of hydrogen-bond donors (Lipinski definition) is 6. The third kappa shape index (κ3) is 8.10. The number of allylic oxidation sites excluding steroid dienone is 1. The summed E-state index contributed by atoms with van der Waals surface area (Å²) in [6, 6.07) is 22.8. The van der Waals surface area contributed by atoms with E-state index in [2.05, 4.69) is 69.1 Å². The topological polar surface area (TPSA) is 161 Å². The van der Waals surface area contributed by atoms with Crippen molar-refractivity contribution in [3.05, 3.63) is 119 Å². The second-order valence-corrected chi connectivity index (χ2v) is 23.3. The molecule has 0 saturated heterocycles. The van der Waals surface area contributed by atoms with Gasteiger partial charge in [0.15, 0.2) is 0 Å². The number of para-hydroxylation sites is 1. The first-order valence-corrected chi connectivity index (χ1v) is 25.5. The monoisotopic (exact) mass is 923 g/mol. The van der Waals surface area contributed by atoms with E-state index in [1.165, 1.54) is 24.8 Å². The van der Waals surface area contributed by atoms with E-state index >= 15 is 0 Å². The Bertz CT molecular complexity index is 2570. The Kier molecular flexibility index (Phi) is 12.6. The van der Waals surface area contributed by atoms with Crippen molar-refractivity contribution >= 4 is 34.6 Å². The van der Waals surface area contributed by atoms with Crippen molar-refractivity contribution in [3.8, 4) is 0 Å². The third-order valence-electron chi connectivity index (χ3n) is 19.7. The summed E-state index contributed by atoms with van der Waals surface area (Å²) in [5, 5.41) is 31.1. The maximum Gasteiger partial charge on any atom is 0.326 e. The summed E-state index contributed by atoms with van der Waals surface area (Å²) in [6.07, 6.45) is 11.1. The van der Waals surface area contributed by atoms with Gasteiger partial charge < -0.3 is 31.1 Å². The summed E-state index contributed by atoms with van der Waals surface area (Å²) in [5.41, 5.74) is 5.50. The Labute approximate surface area is 402 Å². The standard InChI is InChI=1S/C58H74N4O6/c1-35(2)42-21-27-58(29-28-56(6)43(49(42)58)19-20-47-55(5)25-23-48(63)54(3,4)46(55)22-26-57(47,56)7)53(68)59-30-24-36-11-10-13-40(31-36)50(64)60-34-37-15-17-38(18-16-37)51(65)62-45(52(66)67)33-41-32-39-12-8-9-14-44(39)61-41/h8-18,31-32,42-43,45-49,61,63H,1,19-30,33-34H2,2-7H3,(H,59,68)(H,60,64)(H,62,65)(H,66,67)/t42-,43?,45+,46?,47?,48-,49?,55-,56+,57+,58-/m0/s1. The van der Waals surface area contributed by atoms with Crippen molar-refractivity contribution in [1.82, 2.24) is 20.9 Å². The molecular weight excluding hydrogens is 849 g/mol. The van der Waals surface area contributed by atoms with E-state index in [-0.39, 0.29) is 58.5 Å². The lowest BCUT2D eigenvalue weighted by Crippen LogP contribution is -2.67. The number of amides is 3. The van der Waals surface area contributed by atoms with E-state index in [4.69, 9.17) is 0 Å². The lowest BCUT2D eigenvalue weighted by Gasteiger charge is -2.72. The minimum absolute atomic E-state index is 0.0757. The van der Waals surface area contributed by atoms with Gasteiger partial charge in [0.05, 0.1) is 11.5 Å². The molecule has 4 aromatic rings. The average molecular weight is 923 g/mol. The summed E-state index contributed by atoms with van der Waals surface area (Å²) in [5.74, 6) is 0.568. The van der Waals surface area contributed by atoms with Gasteiger partial charge in [-0.15, -0.1) is 0 Å². The lowest BCUT2D eigenvalue weighted by atomic mass is 9.32. The smallest absolute Gasteiger partial charge is 0.326 e. The number of carbonyl (C=O) groups excluding carboxylic acids is 3. The molecule has 1 aromatic heterocycles. The summed E-state index contributed by atoms with van der Waals surface area (Å²) in [4.78, 5) is 56.6. The number of aromatic nitrogens is 1. The van der Waals surface area contributed by atoms with Gasteiger partial charge in [-0.05, 0) is 182 Å². The predicted octanol–water partition coefficient (Wildman–Crippen LogP) is 10.2. The first-order valence-electron chi connectivity index (χ1n) is 25.5. The van der Waals surface area contributed by atoms with E-state index in [0.717, 1.165) is 67.0 Å². The summed E-state index contributed by atoms with van der Waals surface area (Å²) in [7, 11) is 0. The van der Waals surface area contributed by atoms with E-state index in [1.807, 2.05) is 48.5 Å². The molecule has 5 aliphatic rings. The van der Waals surface area contributed by atoms with Gasteiger partial charge in [-0.25, -0.2) is 4.79 Å². The minimum atomic E-state index is -1.12. The molecule has 0 radical (unpaired) electrons. The molecule has 3 aromatic carbocycles. The molecule has 4 unspecified atom stereocenters. The van der Waals surface area contributed by atoms with Crippen LogP contribution in [0.5, 0.6) is 0 Å². The Hall–Kier alpha value is -5.22. The highest BCUT2D eigenvalue weighted by Gasteiger charge is 2.71. The number of benzene rings is 3. The maximum absolute atomic E-state index is 14.8. The van der Waals surface area contributed by atoms with Crippen LogP contribution in [0, 0.1) is 56.7 Å². The number of carboxylic acid groups (broad SMARTS) is 1. The number of rotatable bonds is 13. The maximum atomic E-state index is 14.8. The van der Waals surface area contributed by atoms with Gasteiger partial charge in [0.2, 0.25) is 5.91 Å². The molecule has 5 saturated carbocycles. The molecule has 5 fully saturated rings. The first kappa shape index (κ1) is 47.8. The highest BCUT2D eigenvalue weighted by molar-refractivity contribution is 5.97. The molecule has 68 heavy (non-hydrogen) atoms. The number of carbonyl (C=O) groups is 4. The lowest BCUT2D eigenvalue weighted by molar-refractivity contribution is -0.246. The normalized spacial score (nSPS) is 32.9. The number of hydrogen-bond acceptors (Lipinski definition) is 5. The molecule has 11 atom stereocenters. The van der Waals surface area contributed by atoms with Crippen molar-refractivity contribution in [2.45, 2.75) is 137 Å². The molecular formula is C58H74N4O6. The molecule has 9 rings (SSSR count).